The van der Waals surface area contributed by atoms with Crippen molar-refractivity contribution in [1.82, 2.24) is 5.32 Å². The van der Waals surface area contributed by atoms with E-state index in [1.54, 1.807) is 19.1 Å². The van der Waals surface area contributed by atoms with Crippen LogP contribution in [0.5, 0.6) is 0 Å². The molecule has 0 bridgehead atoms. The number of carbonyl (C=O) groups is 2. The summed E-state index contributed by atoms with van der Waals surface area (Å²) in [6, 6.07) is 27.5. The van der Waals surface area contributed by atoms with E-state index in [4.69, 9.17) is 14.3 Å². The highest BCUT2D eigenvalue weighted by Crippen LogP contribution is 2.24. The Morgan fingerprint density at radius 2 is 1.33 bits per heavy atom. The van der Waals surface area contributed by atoms with Crippen LogP contribution < -0.4 is 21.6 Å². The first kappa shape index (κ1) is 21.9. The number of nitrogens with zero attached hydrogens (tertiary/aromatic N) is 1. The van der Waals surface area contributed by atoms with Gasteiger partial charge in [0.05, 0.1) is 12.9 Å². The molecule has 166 valence electrons. The van der Waals surface area contributed by atoms with E-state index in [1.165, 1.54) is 7.11 Å². The van der Waals surface area contributed by atoms with E-state index in [9.17, 15) is 9.59 Å². The monoisotopic (exact) mass is 440 g/mol. The van der Waals surface area contributed by atoms with Gasteiger partial charge in [-0.1, -0.05) is 78.9 Å². The van der Waals surface area contributed by atoms with Gasteiger partial charge in [0.1, 0.15) is 11.4 Å². The molecule has 2 N–H and O–H groups in total. The number of allylic oxidation sites excluding steroid dienone is 1. The number of rotatable bonds is 4. The number of benzene rings is 3. The van der Waals surface area contributed by atoms with E-state index in [2.05, 4.69) is 10.6 Å². The molecular formula is C25H23BN3O4-. The van der Waals surface area contributed by atoms with Crippen molar-refractivity contribution >= 4 is 40.9 Å². The van der Waals surface area contributed by atoms with Crippen molar-refractivity contribution < 1.29 is 19.0 Å². The molecule has 2 amide bonds. The van der Waals surface area contributed by atoms with E-state index in [-0.39, 0.29) is 11.4 Å². The average Bonchev–Trinajstić information content (AvgIpc) is 2.85. The number of para-hydroxylation sites is 1. The van der Waals surface area contributed by atoms with E-state index in [0.717, 1.165) is 10.9 Å². The Labute approximate surface area is 192 Å². The fourth-order valence-electron chi connectivity index (χ4n) is 3.89. The molecule has 8 heteroatoms. The van der Waals surface area contributed by atoms with E-state index in [1.807, 2.05) is 78.9 Å². The van der Waals surface area contributed by atoms with Gasteiger partial charge >= 0.3 is 18.5 Å². The van der Waals surface area contributed by atoms with Crippen LogP contribution in [0, 0.1) is 0 Å². The Morgan fingerprint density at radius 3 is 1.85 bits per heavy atom. The second-order valence-electron chi connectivity index (χ2n) is 7.53. The molecule has 0 aromatic heterocycles. The summed E-state index contributed by atoms with van der Waals surface area (Å²) in [5, 5.41) is 5.48. The molecule has 1 aliphatic rings. The van der Waals surface area contributed by atoms with Crippen LogP contribution in [-0.4, -0.2) is 31.4 Å². The van der Waals surface area contributed by atoms with Gasteiger partial charge in [0.25, 0.3) is 0 Å². The van der Waals surface area contributed by atoms with E-state index < -0.39 is 18.5 Å². The lowest BCUT2D eigenvalue weighted by Gasteiger charge is -2.44. The number of methoxy groups -OCH3 is 1. The number of carbonyl (C=O) groups excluding carboxylic acids is 2. The largest absolute Gasteiger partial charge is 0.692 e. The van der Waals surface area contributed by atoms with E-state index in [0.29, 0.717) is 11.4 Å². The average molecular weight is 440 g/mol. The number of esters is 1. The number of ether oxygens (including phenoxy) is 1. The van der Waals surface area contributed by atoms with Crippen molar-refractivity contribution in [3.8, 4) is 0 Å². The number of amidine groups is 1. The molecule has 0 spiro atoms. The summed E-state index contributed by atoms with van der Waals surface area (Å²) in [4.78, 5) is 30.3. The van der Waals surface area contributed by atoms with Crippen molar-refractivity contribution in [3.05, 3.63) is 102 Å². The van der Waals surface area contributed by atoms with Crippen LogP contribution in [-0.2, 0) is 14.2 Å². The summed E-state index contributed by atoms with van der Waals surface area (Å²) in [5.41, 5.74) is 2.26. The molecule has 33 heavy (non-hydrogen) atoms. The number of hydrogen-bond donors (Lipinski definition) is 2. The van der Waals surface area contributed by atoms with E-state index >= 15 is 0 Å². The molecule has 0 saturated heterocycles. The summed E-state index contributed by atoms with van der Waals surface area (Å²) >= 11 is 0. The molecule has 1 heterocycles. The van der Waals surface area contributed by atoms with Gasteiger partial charge in [-0.2, -0.15) is 0 Å². The number of amides is 2. The number of urea groups is 1. The lowest BCUT2D eigenvalue weighted by atomic mass is 9.42. The third-order valence-corrected chi connectivity index (χ3v) is 5.40. The normalized spacial score (nSPS) is 14.5. The lowest BCUT2D eigenvalue weighted by Crippen LogP contribution is -2.62. The number of nitrogens with one attached hydrogen (secondary N) is 2. The van der Waals surface area contributed by atoms with Gasteiger partial charge in [0.15, 0.2) is 0 Å². The summed E-state index contributed by atoms with van der Waals surface area (Å²) in [5.74, 6) is -0.275. The molecule has 0 aliphatic carbocycles. The summed E-state index contributed by atoms with van der Waals surface area (Å²) in [7, 11) is 1.27. The fourth-order valence-corrected chi connectivity index (χ4v) is 3.89. The van der Waals surface area contributed by atoms with Crippen molar-refractivity contribution in [2.24, 2.45) is 4.90 Å². The van der Waals surface area contributed by atoms with Crippen LogP contribution in [0.15, 0.2) is 107 Å². The van der Waals surface area contributed by atoms with Crippen LogP contribution in [0.25, 0.3) is 0 Å². The molecule has 3 aromatic carbocycles. The summed E-state index contributed by atoms with van der Waals surface area (Å²) < 4.78 is 11.3. The molecule has 3 aromatic rings. The zero-order chi connectivity index (χ0) is 23.3. The molecule has 0 atom stereocenters. The van der Waals surface area contributed by atoms with Crippen LogP contribution in [0.4, 0.5) is 10.5 Å². The Balaban J connectivity index is 1.82. The fraction of sp³-hybridized carbons (Fsp3) is 0.0800. The SMILES string of the molecule is COC(=O)C1=C(C)O[B-](c2ccccc2)(c2ccccc2)N=C1NC(=O)Nc1ccccc1. The first-order valence-corrected chi connectivity index (χ1v) is 10.5. The first-order valence-electron chi connectivity index (χ1n) is 10.5. The molecule has 0 fully saturated rings. The maximum atomic E-state index is 12.8. The molecule has 0 unspecified atom stereocenters. The Morgan fingerprint density at radius 1 is 0.818 bits per heavy atom. The second kappa shape index (κ2) is 9.44. The highest BCUT2D eigenvalue weighted by Gasteiger charge is 2.38. The third-order valence-electron chi connectivity index (χ3n) is 5.40. The van der Waals surface area contributed by atoms with Gasteiger partial charge in [-0.15, -0.1) is 10.9 Å². The lowest BCUT2D eigenvalue weighted by molar-refractivity contribution is -0.135. The maximum absolute atomic E-state index is 12.8. The molecule has 4 rings (SSSR count). The predicted octanol–water partition coefficient (Wildman–Crippen LogP) is 2.94. The summed E-state index contributed by atoms with van der Waals surface area (Å²) in [6.45, 7) is -0.510. The van der Waals surface area contributed by atoms with Gasteiger partial charge in [-0.3, -0.25) is 5.32 Å². The van der Waals surface area contributed by atoms with Crippen molar-refractivity contribution in [2.75, 3.05) is 12.4 Å². The number of anilines is 1. The zero-order valence-electron chi connectivity index (χ0n) is 18.3. The Bertz CT molecular complexity index is 1170. The number of hydrogen-bond acceptors (Lipinski definition) is 5. The quantitative estimate of drug-likeness (QED) is 0.483. The Kier molecular flexibility index (Phi) is 6.26. The van der Waals surface area contributed by atoms with Crippen LogP contribution in [0.3, 0.4) is 0 Å². The molecular weight excluding hydrogens is 417 g/mol. The van der Waals surface area contributed by atoms with Crippen molar-refractivity contribution in [2.45, 2.75) is 6.92 Å². The molecule has 7 nitrogen and oxygen atoms in total. The second-order valence-corrected chi connectivity index (χ2v) is 7.53. The van der Waals surface area contributed by atoms with Crippen molar-refractivity contribution in [1.29, 1.82) is 0 Å². The minimum atomic E-state index is -2.18. The van der Waals surface area contributed by atoms with Crippen LogP contribution >= 0.6 is 0 Å². The molecule has 1 aliphatic heterocycles. The zero-order valence-corrected chi connectivity index (χ0v) is 18.3. The third kappa shape index (κ3) is 4.50. The van der Waals surface area contributed by atoms with Gasteiger partial charge in [0.2, 0.25) is 0 Å². The van der Waals surface area contributed by atoms with Crippen molar-refractivity contribution in [3.63, 3.8) is 0 Å². The van der Waals surface area contributed by atoms with Gasteiger partial charge in [-0.05, 0) is 19.1 Å². The molecule has 0 radical (unpaired) electrons. The summed E-state index contributed by atoms with van der Waals surface area (Å²) in [6.07, 6.45) is 0. The maximum Gasteiger partial charge on any atom is 0.344 e. The smallest absolute Gasteiger partial charge is 0.344 e. The van der Waals surface area contributed by atoms with Crippen LogP contribution in [0.1, 0.15) is 6.92 Å². The first-order chi connectivity index (χ1) is 16.0. The minimum absolute atomic E-state index is 0.0603. The Hall–Kier alpha value is -4.33. The van der Waals surface area contributed by atoms with Gasteiger partial charge in [-0.25, -0.2) is 9.59 Å². The highest BCUT2D eigenvalue weighted by molar-refractivity contribution is 6.97. The predicted molar refractivity (Wildman–Crippen MR) is 130 cm³/mol. The van der Waals surface area contributed by atoms with Gasteiger partial charge < -0.3 is 19.6 Å². The van der Waals surface area contributed by atoms with Gasteiger partial charge in [0, 0.05) is 5.69 Å². The minimum Gasteiger partial charge on any atom is -0.692 e. The van der Waals surface area contributed by atoms with Crippen LogP contribution in [0.2, 0.25) is 0 Å². The highest BCUT2D eigenvalue weighted by atomic mass is 16.5. The molecule has 0 saturated carbocycles. The standard InChI is InChI=1S/C25H23BN3O4/c1-18-22(24(30)32-2)23(28-25(31)27-21-16-10-5-11-17-21)29-26(33-18,19-12-6-3-7-13-19)20-14-8-4-9-15-20/h3-17H,1-2H3,(H2,27,28,29,31)/q-1. The topological polar surface area (TPSA) is 89.0 Å².